The Morgan fingerprint density at radius 2 is 2.12 bits per heavy atom. The van der Waals surface area contributed by atoms with Crippen LogP contribution in [-0.2, 0) is 17.8 Å². The molecule has 0 spiro atoms. The molecule has 0 radical (unpaired) electrons. The number of carbonyl (C=O) groups is 2. The third-order valence-electron chi connectivity index (χ3n) is 5.57. The van der Waals surface area contributed by atoms with Gasteiger partial charge in [0.2, 0.25) is 5.91 Å². The predicted octanol–water partition coefficient (Wildman–Crippen LogP) is 1.70. The number of nitrogens with one attached hydrogen (secondary N) is 2. The number of piperidine rings is 1. The van der Waals surface area contributed by atoms with Crippen LogP contribution < -0.4 is 10.6 Å². The highest BCUT2D eigenvalue weighted by Crippen LogP contribution is 2.26. The number of amides is 3. The highest BCUT2D eigenvalue weighted by atomic mass is 35.5. The number of fused-ring (bicyclic) bond motifs is 1. The van der Waals surface area contributed by atoms with E-state index in [1.807, 2.05) is 9.80 Å². The third kappa shape index (κ3) is 4.15. The van der Waals surface area contributed by atoms with Crippen LogP contribution in [0.15, 0.2) is 11.4 Å². The molecule has 3 aliphatic rings. The summed E-state index contributed by atoms with van der Waals surface area (Å²) in [4.78, 5) is 30.6. The van der Waals surface area contributed by atoms with Crippen molar-refractivity contribution in [2.75, 3.05) is 39.3 Å². The molecule has 2 N–H and O–H groups in total. The Kier molecular flexibility index (Phi) is 6.42. The quantitative estimate of drug-likeness (QED) is 0.814. The Bertz CT molecular complexity index is 649. The van der Waals surface area contributed by atoms with Crippen LogP contribution in [0.3, 0.4) is 0 Å². The summed E-state index contributed by atoms with van der Waals surface area (Å²) in [5.74, 6) is 0.619. The van der Waals surface area contributed by atoms with Crippen LogP contribution in [0.5, 0.6) is 0 Å². The van der Waals surface area contributed by atoms with Crippen molar-refractivity contribution in [3.05, 3.63) is 21.9 Å². The Balaban J connectivity index is 0.00000196. The van der Waals surface area contributed by atoms with Crippen molar-refractivity contribution >= 4 is 35.7 Å². The van der Waals surface area contributed by atoms with Gasteiger partial charge in [-0.3, -0.25) is 4.79 Å². The van der Waals surface area contributed by atoms with Crippen LogP contribution in [0.1, 0.15) is 23.3 Å². The summed E-state index contributed by atoms with van der Waals surface area (Å²) in [7, 11) is 0. The van der Waals surface area contributed by atoms with Gasteiger partial charge in [0.15, 0.2) is 0 Å². The third-order valence-corrected chi connectivity index (χ3v) is 6.59. The van der Waals surface area contributed by atoms with Gasteiger partial charge in [-0.1, -0.05) is 0 Å². The van der Waals surface area contributed by atoms with Gasteiger partial charge in [0.05, 0.1) is 5.92 Å². The molecule has 2 saturated heterocycles. The van der Waals surface area contributed by atoms with Crippen LogP contribution in [-0.4, -0.2) is 61.0 Å². The summed E-state index contributed by atoms with van der Waals surface area (Å²) in [6.45, 7) is 5.56. The van der Waals surface area contributed by atoms with Gasteiger partial charge in [-0.15, -0.1) is 23.7 Å². The standard InChI is InChI=1S/C18H26N4O2S.ClH/c23-17(20-10-13-8-19-9-13)15-2-1-5-21(12-15)18(24)22-6-3-16-14(11-22)4-7-25-16;/h4,7,13,15,19H,1-3,5-6,8-12H2,(H,20,23);1H. The molecule has 2 fully saturated rings. The minimum absolute atomic E-state index is 0. The molecule has 3 aliphatic heterocycles. The molecule has 0 aromatic carbocycles. The van der Waals surface area contributed by atoms with Gasteiger partial charge >= 0.3 is 6.03 Å². The fraction of sp³-hybridized carbons (Fsp3) is 0.667. The molecule has 1 unspecified atom stereocenters. The molecular formula is C18H27ClN4O2S. The van der Waals surface area contributed by atoms with Crippen molar-refractivity contribution in [2.24, 2.45) is 11.8 Å². The summed E-state index contributed by atoms with van der Waals surface area (Å²) < 4.78 is 0. The fourth-order valence-electron chi connectivity index (χ4n) is 3.86. The maximum Gasteiger partial charge on any atom is 0.320 e. The van der Waals surface area contributed by atoms with Crippen LogP contribution in [0.25, 0.3) is 0 Å². The normalized spacial score (nSPS) is 22.8. The first-order chi connectivity index (χ1) is 12.2. The maximum absolute atomic E-state index is 12.9. The average Bonchev–Trinajstić information content (AvgIpc) is 3.07. The van der Waals surface area contributed by atoms with E-state index in [2.05, 4.69) is 22.1 Å². The van der Waals surface area contributed by atoms with E-state index >= 15 is 0 Å². The van der Waals surface area contributed by atoms with E-state index in [0.29, 0.717) is 19.0 Å². The highest BCUT2D eigenvalue weighted by Gasteiger charge is 2.32. The number of halogens is 1. The van der Waals surface area contributed by atoms with Crippen molar-refractivity contribution in [3.8, 4) is 0 Å². The van der Waals surface area contributed by atoms with Crippen molar-refractivity contribution in [1.82, 2.24) is 20.4 Å². The van der Waals surface area contributed by atoms with E-state index in [0.717, 1.165) is 52.0 Å². The van der Waals surface area contributed by atoms with Gasteiger partial charge in [-0.05, 0) is 36.3 Å². The number of likely N-dealkylation sites (tertiary alicyclic amines) is 1. The van der Waals surface area contributed by atoms with Crippen molar-refractivity contribution < 1.29 is 9.59 Å². The van der Waals surface area contributed by atoms with Gasteiger partial charge in [-0.25, -0.2) is 4.79 Å². The van der Waals surface area contributed by atoms with Gasteiger partial charge < -0.3 is 20.4 Å². The summed E-state index contributed by atoms with van der Waals surface area (Å²) in [6.07, 6.45) is 2.74. The first-order valence-corrected chi connectivity index (χ1v) is 10.2. The predicted molar refractivity (Wildman–Crippen MR) is 105 cm³/mol. The molecule has 4 rings (SSSR count). The zero-order chi connectivity index (χ0) is 17.2. The molecular weight excluding hydrogens is 372 g/mol. The molecule has 26 heavy (non-hydrogen) atoms. The zero-order valence-electron chi connectivity index (χ0n) is 14.9. The van der Waals surface area contributed by atoms with E-state index in [1.165, 1.54) is 10.4 Å². The fourth-order valence-corrected chi connectivity index (χ4v) is 4.75. The number of nitrogens with zero attached hydrogens (tertiary/aromatic N) is 2. The lowest BCUT2D eigenvalue weighted by atomic mass is 9.96. The minimum Gasteiger partial charge on any atom is -0.355 e. The highest BCUT2D eigenvalue weighted by molar-refractivity contribution is 7.10. The Hall–Kier alpha value is -1.31. The number of thiophene rings is 1. The molecule has 8 heteroatoms. The average molecular weight is 399 g/mol. The number of carbonyl (C=O) groups excluding carboxylic acids is 2. The monoisotopic (exact) mass is 398 g/mol. The lowest BCUT2D eigenvalue weighted by molar-refractivity contribution is -0.126. The Morgan fingerprint density at radius 3 is 2.88 bits per heavy atom. The van der Waals surface area contributed by atoms with E-state index in [1.54, 1.807) is 11.3 Å². The smallest absolute Gasteiger partial charge is 0.320 e. The van der Waals surface area contributed by atoms with Crippen LogP contribution in [0.2, 0.25) is 0 Å². The first-order valence-electron chi connectivity index (χ1n) is 9.28. The maximum atomic E-state index is 12.9. The second-order valence-electron chi connectivity index (χ2n) is 7.38. The molecule has 0 aliphatic carbocycles. The lowest BCUT2D eigenvalue weighted by Crippen LogP contribution is -2.52. The molecule has 4 heterocycles. The topological polar surface area (TPSA) is 64.7 Å². The largest absolute Gasteiger partial charge is 0.355 e. The van der Waals surface area contributed by atoms with Crippen LogP contribution in [0.4, 0.5) is 4.79 Å². The SMILES string of the molecule is Cl.O=C(NCC1CNC1)C1CCCN(C(=O)N2CCc3sccc3C2)C1. The summed E-state index contributed by atoms with van der Waals surface area (Å²) in [6, 6.07) is 2.22. The number of urea groups is 1. The van der Waals surface area contributed by atoms with Crippen LogP contribution >= 0.6 is 23.7 Å². The number of hydrogen-bond donors (Lipinski definition) is 2. The van der Waals surface area contributed by atoms with Crippen molar-refractivity contribution in [2.45, 2.75) is 25.8 Å². The lowest BCUT2D eigenvalue weighted by Gasteiger charge is -2.37. The molecule has 144 valence electrons. The molecule has 1 atom stereocenters. The van der Waals surface area contributed by atoms with Crippen molar-refractivity contribution in [3.63, 3.8) is 0 Å². The van der Waals surface area contributed by atoms with Gasteiger partial charge in [0, 0.05) is 56.6 Å². The second kappa shape index (κ2) is 8.59. The van der Waals surface area contributed by atoms with E-state index in [4.69, 9.17) is 0 Å². The van der Waals surface area contributed by atoms with E-state index < -0.39 is 0 Å². The first kappa shape index (κ1) is 19.5. The summed E-state index contributed by atoms with van der Waals surface area (Å²) in [5, 5.41) is 8.40. The van der Waals surface area contributed by atoms with E-state index in [-0.39, 0.29) is 30.3 Å². The van der Waals surface area contributed by atoms with E-state index in [9.17, 15) is 9.59 Å². The minimum atomic E-state index is -0.0627. The molecule has 0 saturated carbocycles. The molecule has 0 bridgehead atoms. The molecule has 1 aromatic heterocycles. The number of rotatable bonds is 3. The van der Waals surface area contributed by atoms with Crippen molar-refractivity contribution in [1.29, 1.82) is 0 Å². The van der Waals surface area contributed by atoms with Gasteiger partial charge in [0.25, 0.3) is 0 Å². The van der Waals surface area contributed by atoms with Crippen LogP contribution in [0, 0.1) is 11.8 Å². The Morgan fingerprint density at radius 1 is 1.27 bits per heavy atom. The van der Waals surface area contributed by atoms with Gasteiger partial charge in [0.1, 0.15) is 0 Å². The van der Waals surface area contributed by atoms with Gasteiger partial charge in [-0.2, -0.15) is 0 Å². The summed E-state index contributed by atoms with van der Waals surface area (Å²) >= 11 is 1.78. The summed E-state index contributed by atoms with van der Waals surface area (Å²) in [5.41, 5.74) is 1.28. The Labute approximate surface area is 164 Å². The molecule has 6 nitrogen and oxygen atoms in total. The number of hydrogen-bond acceptors (Lipinski definition) is 4. The molecule has 1 aromatic rings. The second-order valence-corrected chi connectivity index (χ2v) is 8.38. The molecule has 3 amide bonds. The zero-order valence-corrected chi connectivity index (χ0v) is 16.5.